The van der Waals surface area contributed by atoms with E-state index >= 15 is 0 Å². The molecule has 2 aromatic rings. The predicted octanol–water partition coefficient (Wildman–Crippen LogP) is 1.84. The van der Waals surface area contributed by atoms with Gasteiger partial charge in [0.1, 0.15) is 11.4 Å². The highest BCUT2D eigenvalue weighted by Gasteiger charge is 2.27. The Bertz CT molecular complexity index is 887. The Morgan fingerprint density at radius 2 is 1.87 bits per heavy atom. The zero-order valence-electron chi connectivity index (χ0n) is 17.8. The van der Waals surface area contributed by atoms with Crippen molar-refractivity contribution >= 4 is 23.4 Å². The van der Waals surface area contributed by atoms with Crippen LogP contribution in [-0.2, 0) is 0 Å². The molecule has 1 amide bonds. The second-order valence-electron chi connectivity index (χ2n) is 8.35. The lowest BCUT2D eigenvalue weighted by atomic mass is 10.0. The number of amides is 1. The first-order valence-electron chi connectivity index (χ1n) is 10.7. The first-order valence-corrected chi connectivity index (χ1v) is 10.7. The molecule has 8 nitrogen and oxygen atoms in total. The minimum Gasteiger partial charge on any atom is -0.365 e. The molecule has 4 rings (SSSR count). The maximum absolute atomic E-state index is 11.9. The number of nitrogens with one attached hydrogen (secondary N) is 1. The molecule has 2 aliphatic heterocycles. The molecule has 8 heteroatoms. The molecule has 0 spiro atoms. The number of carbonyl (C=O) groups is 1. The minimum absolute atomic E-state index is 0.296. The van der Waals surface area contributed by atoms with Crippen LogP contribution in [0.2, 0.25) is 0 Å². The van der Waals surface area contributed by atoms with Gasteiger partial charge in [0.25, 0.3) is 5.91 Å². The number of nitrogens with two attached hydrogens (primary N) is 1. The Morgan fingerprint density at radius 3 is 2.53 bits per heavy atom. The molecule has 3 heterocycles. The maximum atomic E-state index is 11.9. The predicted molar refractivity (Wildman–Crippen MR) is 119 cm³/mol. The normalized spacial score (nSPS) is 19.1. The van der Waals surface area contributed by atoms with Gasteiger partial charge in [-0.25, -0.2) is 4.98 Å². The maximum Gasteiger partial charge on any atom is 0.254 e. The summed E-state index contributed by atoms with van der Waals surface area (Å²) in [4.78, 5) is 28.2. The molecule has 2 aliphatic rings. The largest absolute Gasteiger partial charge is 0.365 e. The monoisotopic (exact) mass is 409 g/mol. The summed E-state index contributed by atoms with van der Waals surface area (Å²) >= 11 is 0. The zero-order chi connectivity index (χ0) is 21.1. The smallest absolute Gasteiger partial charge is 0.254 e. The van der Waals surface area contributed by atoms with Gasteiger partial charge in [-0.2, -0.15) is 4.98 Å². The average molecular weight is 410 g/mol. The van der Waals surface area contributed by atoms with Gasteiger partial charge in [-0.05, 0) is 57.6 Å². The van der Waals surface area contributed by atoms with E-state index in [1.54, 1.807) is 0 Å². The van der Waals surface area contributed by atoms with Crippen LogP contribution in [0.25, 0.3) is 0 Å². The molecule has 1 aromatic carbocycles. The lowest BCUT2D eigenvalue weighted by molar-refractivity contribution is 0.100. The molecule has 2 fully saturated rings. The number of nitrogens with zero attached hydrogens (tertiary/aromatic N) is 5. The number of primary amides is 1. The zero-order valence-corrected chi connectivity index (χ0v) is 17.8. The Labute approximate surface area is 178 Å². The van der Waals surface area contributed by atoms with E-state index in [0.29, 0.717) is 23.4 Å². The van der Waals surface area contributed by atoms with Crippen LogP contribution in [0.3, 0.4) is 0 Å². The van der Waals surface area contributed by atoms with Crippen molar-refractivity contribution in [1.82, 2.24) is 19.8 Å². The topological polar surface area (TPSA) is 90.6 Å². The Morgan fingerprint density at radius 1 is 1.13 bits per heavy atom. The summed E-state index contributed by atoms with van der Waals surface area (Å²) < 4.78 is 0. The summed E-state index contributed by atoms with van der Waals surface area (Å²) in [7, 11) is 2.20. The summed E-state index contributed by atoms with van der Waals surface area (Å²) in [6.07, 6.45) is 4.02. The molecule has 0 unspecified atom stereocenters. The van der Waals surface area contributed by atoms with Crippen molar-refractivity contribution in [2.75, 3.05) is 56.5 Å². The Hall–Kier alpha value is -2.71. The first kappa shape index (κ1) is 20.6. The van der Waals surface area contributed by atoms with Gasteiger partial charge in [0.2, 0.25) is 5.95 Å². The second kappa shape index (κ2) is 8.97. The van der Waals surface area contributed by atoms with Crippen LogP contribution in [0.4, 0.5) is 17.5 Å². The lowest BCUT2D eigenvalue weighted by Gasteiger charge is -2.42. The fourth-order valence-corrected chi connectivity index (χ4v) is 4.31. The van der Waals surface area contributed by atoms with Gasteiger partial charge in [0.05, 0.1) is 0 Å². The third-order valence-electron chi connectivity index (χ3n) is 6.12. The fraction of sp³-hybridized carbons (Fsp3) is 0.500. The standard InChI is InChI=1S/C22H31N7O/c1-16-4-3-5-17(14-16)25-21-19(20(23)30)15-24-22(26-21)29-12-10-28(11-13-29)18-6-8-27(2)9-7-18/h3-5,14-15,18H,6-13H2,1-2H3,(H2,23,30)(H,24,25,26). The summed E-state index contributed by atoms with van der Waals surface area (Å²) in [5, 5.41) is 3.25. The number of likely N-dealkylation sites (tertiary alicyclic amines) is 1. The molecule has 160 valence electrons. The number of aromatic nitrogens is 2. The van der Waals surface area contributed by atoms with Crippen LogP contribution in [0.5, 0.6) is 0 Å². The number of benzene rings is 1. The van der Waals surface area contributed by atoms with Gasteiger partial charge in [-0.3, -0.25) is 9.69 Å². The first-order chi connectivity index (χ1) is 14.5. The van der Waals surface area contributed by atoms with Crippen LogP contribution in [-0.4, -0.2) is 78.0 Å². The van der Waals surface area contributed by atoms with Crippen LogP contribution in [0, 0.1) is 6.92 Å². The van der Waals surface area contributed by atoms with Gasteiger partial charge in [-0.15, -0.1) is 0 Å². The molecular formula is C22H31N7O. The number of anilines is 3. The second-order valence-corrected chi connectivity index (χ2v) is 8.35. The highest BCUT2D eigenvalue weighted by atomic mass is 16.1. The SMILES string of the molecule is Cc1cccc(Nc2nc(N3CCN(C4CCN(C)CC4)CC3)ncc2C(N)=O)c1. The average Bonchev–Trinajstić information content (AvgIpc) is 2.74. The van der Waals surface area contributed by atoms with E-state index in [9.17, 15) is 4.79 Å². The molecule has 0 saturated carbocycles. The number of carbonyl (C=O) groups excluding carboxylic acids is 1. The summed E-state index contributed by atoms with van der Waals surface area (Å²) in [5.41, 5.74) is 7.85. The number of rotatable bonds is 5. The van der Waals surface area contributed by atoms with Gasteiger partial charge in [0.15, 0.2) is 0 Å². The van der Waals surface area contributed by atoms with Crippen LogP contribution < -0.4 is 16.0 Å². The molecule has 30 heavy (non-hydrogen) atoms. The number of piperidine rings is 1. The summed E-state index contributed by atoms with van der Waals surface area (Å²) in [6, 6.07) is 8.62. The van der Waals surface area contributed by atoms with Crippen molar-refractivity contribution < 1.29 is 4.79 Å². The van der Waals surface area contributed by atoms with Crippen molar-refractivity contribution in [3.8, 4) is 0 Å². The number of piperazine rings is 1. The van der Waals surface area contributed by atoms with Crippen LogP contribution in [0.15, 0.2) is 30.5 Å². The Kier molecular flexibility index (Phi) is 6.15. The minimum atomic E-state index is -0.538. The third kappa shape index (κ3) is 4.71. The quantitative estimate of drug-likeness (QED) is 0.779. The van der Waals surface area contributed by atoms with Crippen molar-refractivity contribution in [2.45, 2.75) is 25.8 Å². The molecule has 0 radical (unpaired) electrons. The highest BCUT2D eigenvalue weighted by molar-refractivity contribution is 5.98. The van der Waals surface area contributed by atoms with Crippen molar-refractivity contribution in [1.29, 1.82) is 0 Å². The molecule has 0 atom stereocenters. The van der Waals surface area contributed by atoms with E-state index in [2.05, 4.69) is 37.0 Å². The van der Waals surface area contributed by atoms with Crippen molar-refractivity contribution in [3.63, 3.8) is 0 Å². The summed E-state index contributed by atoms with van der Waals surface area (Å²) in [6.45, 7) is 8.16. The number of hydrogen-bond donors (Lipinski definition) is 2. The van der Waals surface area contributed by atoms with E-state index in [-0.39, 0.29) is 0 Å². The van der Waals surface area contributed by atoms with Crippen molar-refractivity contribution in [2.24, 2.45) is 5.73 Å². The number of aryl methyl sites for hydroxylation is 1. The van der Waals surface area contributed by atoms with Gasteiger partial charge in [-0.1, -0.05) is 12.1 Å². The Balaban J connectivity index is 1.46. The van der Waals surface area contributed by atoms with Gasteiger partial charge in [0, 0.05) is 44.1 Å². The number of hydrogen-bond acceptors (Lipinski definition) is 7. The van der Waals surface area contributed by atoms with Crippen LogP contribution in [0.1, 0.15) is 28.8 Å². The molecule has 0 aliphatic carbocycles. The fourth-order valence-electron chi connectivity index (χ4n) is 4.31. The van der Waals surface area contributed by atoms with E-state index in [4.69, 9.17) is 5.73 Å². The molecule has 2 saturated heterocycles. The third-order valence-corrected chi connectivity index (χ3v) is 6.12. The van der Waals surface area contributed by atoms with Gasteiger partial charge < -0.3 is 20.9 Å². The van der Waals surface area contributed by atoms with E-state index < -0.39 is 5.91 Å². The molecular weight excluding hydrogens is 378 g/mol. The molecule has 3 N–H and O–H groups in total. The van der Waals surface area contributed by atoms with E-state index in [1.807, 2.05) is 31.2 Å². The lowest BCUT2D eigenvalue weighted by Crippen LogP contribution is -2.53. The summed E-state index contributed by atoms with van der Waals surface area (Å²) in [5.74, 6) is 0.554. The van der Waals surface area contributed by atoms with Gasteiger partial charge >= 0.3 is 0 Å². The molecule has 0 bridgehead atoms. The van der Waals surface area contributed by atoms with E-state index in [0.717, 1.165) is 37.4 Å². The van der Waals surface area contributed by atoms with Crippen LogP contribution >= 0.6 is 0 Å². The van der Waals surface area contributed by atoms with Crippen molar-refractivity contribution in [3.05, 3.63) is 41.6 Å². The van der Waals surface area contributed by atoms with E-state index in [1.165, 1.54) is 32.1 Å². The highest BCUT2D eigenvalue weighted by Crippen LogP contribution is 2.23. The molecule has 1 aromatic heterocycles.